The number of amides is 1. The van der Waals surface area contributed by atoms with E-state index < -0.39 is 18.3 Å². The zero-order valence-corrected chi connectivity index (χ0v) is 14.3. The summed E-state index contributed by atoms with van der Waals surface area (Å²) in [5, 5.41) is 22.6. The van der Waals surface area contributed by atoms with Crippen molar-refractivity contribution in [3.8, 4) is 5.75 Å². The first kappa shape index (κ1) is 19.4. The van der Waals surface area contributed by atoms with Crippen molar-refractivity contribution in [3.63, 3.8) is 0 Å². The van der Waals surface area contributed by atoms with Crippen LogP contribution >= 0.6 is 0 Å². The van der Waals surface area contributed by atoms with Crippen LogP contribution in [0.3, 0.4) is 0 Å². The van der Waals surface area contributed by atoms with Crippen molar-refractivity contribution < 1.29 is 29.3 Å². The zero-order chi connectivity index (χ0) is 18.9. The second kappa shape index (κ2) is 9.55. The first-order valence-electron chi connectivity index (χ1n) is 7.99. The summed E-state index contributed by atoms with van der Waals surface area (Å²) in [4.78, 5) is 22.7. The SMILES string of the molecule is COc1ccc(C(O)C(O)CNC(=O)OCc2ccccc2)cc1C=O. The van der Waals surface area contributed by atoms with Crippen LogP contribution in [-0.2, 0) is 11.3 Å². The summed E-state index contributed by atoms with van der Waals surface area (Å²) in [6.07, 6.45) is -2.66. The van der Waals surface area contributed by atoms with Crippen molar-refractivity contribution in [1.82, 2.24) is 5.32 Å². The number of carbonyl (C=O) groups is 2. The smallest absolute Gasteiger partial charge is 0.407 e. The Morgan fingerprint density at radius 3 is 2.58 bits per heavy atom. The predicted molar refractivity (Wildman–Crippen MR) is 94.0 cm³/mol. The molecule has 26 heavy (non-hydrogen) atoms. The van der Waals surface area contributed by atoms with E-state index in [9.17, 15) is 19.8 Å². The van der Waals surface area contributed by atoms with Gasteiger partial charge in [-0.25, -0.2) is 4.79 Å². The number of rotatable bonds is 8. The number of aldehydes is 1. The van der Waals surface area contributed by atoms with E-state index >= 15 is 0 Å². The minimum absolute atomic E-state index is 0.104. The Hall–Kier alpha value is -2.90. The lowest BCUT2D eigenvalue weighted by molar-refractivity contribution is 0.0183. The second-order valence-electron chi connectivity index (χ2n) is 5.57. The average Bonchev–Trinajstić information content (AvgIpc) is 2.70. The second-order valence-corrected chi connectivity index (χ2v) is 5.57. The van der Waals surface area contributed by atoms with E-state index in [1.54, 1.807) is 0 Å². The van der Waals surface area contributed by atoms with Crippen molar-refractivity contribution in [2.45, 2.75) is 18.8 Å². The number of hydrogen-bond donors (Lipinski definition) is 3. The van der Waals surface area contributed by atoms with Gasteiger partial charge in [-0.3, -0.25) is 4.79 Å². The Balaban J connectivity index is 1.85. The van der Waals surface area contributed by atoms with E-state index in [0.717, 1.165) is 5.56 Å². The van der Waals surface area contributed by atoms with Crippen molar-refractivity contribution >= 4 is 12.4 Å². The molecule has 0 radical (unpaired) electrons. The van der Waals surface area contributed by atoms with Crippen LogP contribution < -0.4 is 10.1 Å². The number of ether oxygens (including phenoxy) is 2. The monoisotopic (exact) mass is 359 g/mol. The number of methoxy groups -OCH3 is 1. The minimum Gasteiger partial charge on any atom is -0.496 e. The highest BCUT2D eigenvalue weighted by Crippen LogP contribution is 2.23. The molecular weight excluding hydrogens is 338 g/mol. The molecule has 0 saturated heterocycles. The fraction of sp³-hybridized carbons (Fsp3) is 0.263. The van der Waals surface area contributed by atoms with Crippen LogP contribution in [0.5, 0.6) is 5.75 Å². The van der Waals surface area contributed by atoms with Gasteiger partial charge in [0, 0.05) is 6.54 Å². The molecule has 2 unspecified atom stereocenters. The molecule has 0 aliphatic heterocycles. The van der Waals surface area contributed by atoms with Crippen LogP contribution in [0.25, 0.3) is 0 Å². The van der Waals surface area contributed by atoms with Crippen LogP contribution in [0.2, 0.25) is 0 Å². The Morgan fingerprint density at radius 1 is 1.19 bits per heavy atom. The Morgan fingerprint density at radius 2 is 1.92 bits per heavy atom. The molecule has 0 spiro atoms. The highest BCUT2D eigenvalue weighted by Gasteiger charge is 2.20. The van der Waals surface area contributed by atoms with Gasteiger partial charge in [-0.1, -0.05) is 36.4 Å². The molecule has 0 aromatic heterocycles. The summed E-state index contributed by atoms with van der Waals surface area (Å²) < 4.78 is 10.0. The molecule has 2 aromatic rings. The number of nitrogens with one attached hydrogen (secondary N) is 1. The zero-order valence-electron chi connectivity index (χ0n) is 14.3. The number of aliphatic hydroxyl groups is 2. The summed E-state index contributed by atoms with van der Waals surface area (Å²) in [6.45, 7) is -0.107. The number of carbonyl (C=O) groups excluding carboxylic acids is 2. The van der Waals surface area contributed by atoms with Crippen molar-refractivity contribution in [1.29, 1.82) is 0 Å². The standard InChI is InChI=1S/C19H21NO6/c1-25-17-8-7-14(9-15(17)11-21)18(23)16(22)10-20-19(24)26-12-13-5-3-2-4-6-13/h2-9,11,16,18,22-23H,10,12H2,1H3,(H,20,24). The highest BCUT2D eigenvalue weighted by molar-refractivity contribution is 5.79. The maximum Gasteiger partial charge on any atom is 0.407 e. The lowest BCUT2D eigenvalue weighted by Crippen LogP contribution is -2.35. The number of alkyl carbamates (subject to hydrolysis) is 1. The first-order valence-corrected chi connectivity index (χ1v) is 7.99. The molecule has 3 N–H and O–H groups in total. The summed E-state index contributed by atoms with van der Waals surface area (Å²) in [5.41, 5.74) is 1.43. The average molecular weight is 359 g/mol. The third kappa shape index (κ3) is 5.30. The Kier molecular flexibility index (Phi) is 7.13. The van der Waals surface area contributed by atoms with Gasteiger partial charge in [-0.05, 0) is 23.3 Å². The summed E-state index contributed by atoms with van der Waals surface area (Å²) in [7, 11) is 1.43. The van der Waals surface area contributed by atoms with Crippen LogP contribution in [0.15, 0.2) is 48.5 Å². The van der Waals surface area contributed by atoms with Gasteiger partial charge in [0.1, 0.15) is 24.6 Å². The third-order valence-electron chi connectivity index (χ3n) is 3.76. The van der Waals surface area contributed by atoms with Gasteiger partial charge in [0.2, 0.25) is 0 Å². The number of benzene rings is 2. The molecular formula is C19H21NO6. The normalized spacial score (nSPS) is 12.7. The maximum absolute atomic E-state index is 11.7. The summed E-state index contributed by atoms with van der Waals surface area (Å²) >= 11 is 0. The fourth-order valence-electron chi connectivity index (χ4n) is 2.32. The van der Waals surface area contributed by atoms with Crippen molar-refractivity contribution in [3.05, 3.63) is 65.2 Å². The molecule has 1 amide bonds. The summed E-state index contributed by atoms with van der Waals surface area (Å²) in [6, 6.07) is 13.6. The predicted octanol–water partition coefficient (Wildman–Crippen LogP) is 1.83. The van der Waals surface area contributed by atoms with E-state index in [4.69, 9.17) is 9.47 Å². The number of aliphatic hydroxyl groups excluding tert-OH is 2. The van der Waals surface area contributed by atoms with E-state index in [-0.39, 0.29) is 18.7 Å². The maximum atomic E-state index is 11.7. The van der Waals surface area contributed by atoms with Gasteiger partial charge >= 0.3 is 6.09 Å². The molecule has 0 heterocycles. The van der Waals surface area contributed by atoms with E-state index in [1.165, 1.54) is 25.3 Å². The Bertz CT molecular complexity index is 734. The molecule has 7 nitrogen and oxygen atoms in total. The van der Waals surface area contributed by atoms with Crippen molar-refractivity contribution in [2.75, 3.05) is 13.7 Å². The van der Waals surface area contributed by atoms with Gasteiger partial charge in [0.05, 0.1) is 12.7 Å². The molecule has 0 aliphatic rings. The topological polar surface area (TPSA) is 105 Å². The van der Waals surface area contributed by atoms with Crippen LogP contribution in [0.4, 0.5) is 4.79 Å². The molecule has 2 aromatic carbocycles. The van der Waals surface area contributed by atoms with Gasteiger partial charge < -0.3 is 25.0 Å². The van der Waals surface area contributed by atoms with Gasteiger partial charge in [0.15, 0.2) is 6.29 Å². The molecule has 0 bridgehead atoms. The fourth-order valence-corrected chi connectivity index (χ4v) is 2.32. The van der Waals surface area contributed by atoms with Crippen LogP contribution in [-0.4, -0.2) is 42.4 Å². The van der Waals surface area contributed by atoms with E-state index in [2.05, 4.69) is 5.32 Å². The highest BCUT2D eigenvalue weighted by atomic mass is 16.5. The van der Waals surface area contributed by atoms with Crippen LogP contribution in [0, 0.1) is 0 Å². The molecule has 2 rings (SSSR count). The summed E-state index contributed by atoms with van der Waals surface area (Å²) in [5.74, 6) is 0.369. The van der Waals surface area contributed by atoms with E-state index in [0.29, 0.717) is 17.6 Å². The molecule has 138 valence electrons. The van der Waals surface area contributed by atoms with Gasteiger partial charge in [0.25, 0.3) is 0 Å². The van der Waals surface area contributed by atoms with Gasteiger partial charge in [-0.15, -0.1) is 0 Å². The molecule has 0 fully saturated rings. The van der Waals surface area contributed by atoms with E-state index in [1.807, 2.05) is 30.3 Å². The lowest BCUT2D eigenvalue weighted by atomic mass is 10.0. The van der Waals surface area contributed by atoms with Gasteiger partial charge in [-0.2, -0.15) is 0 Å². The minimum atomic E-state index is -1.28. The quantitative estimate of drug-likeness (QED) is 0.621. The van der Waals surface area contributed by atoms with Crippen molar-refractivity contribution in [2.24, 2.45) is 0 Å². The largest absolute Gasteiger partial charge is 0.496 e. The molecule has 0 saturated carbocycles. The molecule has 0 aliphatic carbocycles. The molecule has 2 atom stereocenters. The van der Waals surface area contributed by atoms with Crippen LogP contribution in [0.1, 0.15) is 27.6 Å². The Labute approximate surface area is 151 Å². The third-order valence-corrected chi connectivity index (χ3v) is 3.76. The molecule has 7 heteroatoms. The lowest BCUT2D eigenvalue weighted by Gasteiger charge is -2.19. The first-order chi connectivity index (χ1) is 12.5. The number of hydrogen-bond acceptors (Lipinski definition) is 6.